The van der Waals surface area contributed by atoms with Crippen LogP contribution in [0.2, 0.25) is 10.2 Å². The molecule has 1 N–H and O–H groups in total. The summed E-state index contributed by atoms with van der Waals surface area (Å²) in [4.78, 5) is 53.2. The highest BCUT2D eigenvalue weighted by Gasteiger charge is 2.29. The number of benzene rings is 1. The van der Waals surface area contributed by atoms with Crippen LogP contribution in [0.25, 0.3) is 0 Å². The second-order valence-corrected chi connectivity index (χ2v) is 10.7. The SMILES string of the molecule is CC(=O)N1CCN(C(=O)CSc2nc(Cl)cc(N3CCN(C(=O)Nc4cccc(Cl)c4)[C@H](C)C3)n2)CC1. The van der Waals surface area contributed by atoms with Crippen LogP contribution in [-0.4, -0.2) is 100 Å². The molecule has 2 aromatic rings. The largest absolute Gasteiger partial charge is 0.353 e. The van der Waals surface area contributed by atoms with Crippen LogP contribution in [-0.2, 0) is 9.59 Å². The number of halogens is 2. The summed E-state index contributed by atoms with van der Waals surface area (Å²) in [5.41, 5.74) is 0.645. The summed E-state index contributed by atoms with van der Waals surface area (Å²) in [6.45, 7) is 7.30. The van der Waals surface area contributed by atoms with Gasteiger partial charge in [-0.3, -0.25) is 9.59 Å². The van der Waals surface area contributed by atoms with E-state index in [-0.39, 0.29) is 29.6 Å². The Morgan fingerprint density at radius 2 is 1.76 bits per heavy atom. The molecule has 13 heteroatoms. The molecule has 0 bridgehead atoms. The average molecular weight is 567 g/mol. The molecule has 4 amide bonds. The zero-order valence-corrected chi connectivity index (χ0v) is 23.0. The number of anilines is 2. The summed E-state index contributed by atoms with van der Waals surface area (Å²) in [6, 6.07) is 8.48. The lowest BCUT2D eigenvalue weighted by Crippen LogP contribution is -2.55. The summed E-state index contributed by atoms with van der Waals surface area (Å²) in [7, 11) is 0. The number of thioether (sulfide) groups is 1. The zero-order chi connectivity index (χ0) is 26.5. The molecule has 1 aromatic heterocycles. The maximum atomic E-state index is 12.8. The van der Waals surface area contributed by atoms with Crippen LogP contribution in [0.15, 0.2) is 35.5 Å². The molecule has 10 nitrogen and oxygen atoms in total. The molecule has 0 saturated carbocycles. The first-order valence-corrected chi connectivity index (χ1v) is 13.7. The fourth-order valence-electron chi connectivity index (χ4n) is 4.33. The molecule has 37 heavy (non-hydrogen) atoms. The van der Waals surface area contributed by atoms with Crippen molar-refractivity contribution in [1.82, 2.24) is 24.7 Å². The van der Waals surface area contributed by atoms with Crippen molar-refractivity contribution in [2.75, 3.05) is 61.8 Å². The molecule has 198 valence electrons. The van der Waals surface area contributed by atoms with Gasteiger partial charge >= 0.3 is 6.03 Å². The Morgan fingerprint density at radius 3 is 2.43 bits per heavy atom. The molecular formula is C24H29Cl2N7O3S. The van der Waals surface area contributed by atoms with Crippen molar-refractivity contribution in [3.8, 4) is 0 Å². The normalized spacial score (nSPS) is 18.1. The van der Waals surface area contributed by atoms with Crippen LogP contribution in [0.3, 0.4) is 0 Å². The highest BCUT2D eigenvalue weighted by atomic mass is 35.5. The first-order valence-electron chi connectivity index (χ1n) is 12.0. The van der Waals surface area contributed by atoms with Crippen molar-refractivity contribution >= 4 is 64.3 Å². The number of nitrogens with zero attached hydrogens (tertiary/aromatic N) is 6. The Hall–Kier alpha value is -2.76. The number of amides is 4. The minimum absolute atomic E-state index is 0.0220. The summed E-state index contributed by atoms with van der Waals surface area (Å²) < 4.78 is 0. The van der Waals surface area contributed by atoms with E-state index in [4.69, 9.17) is 23.2 Å². The minimum Gasteiger partial charge on any atom is -0.353 e. The van der Waals surface area contributed by atoms with E-state index in [1.807, 2.05) is 6.92 Å². The van der Waals surface area contributed by atoms with Crippen molar-refractivity contribution in [2.45, 2.75) is 25.0 Å². The molecule has 2 aliphatic heterocycles. The Labute approximate surface area is 230 Å². The van der Waals surface area contributed by atoms with E-state index in [2.05, 4.69) is 20.2 Å². The van der Waals surface area contributed by atoms with E-state index in [1.54, 1.807) is 45.0 Å². The lowest BCUT2D eigenvalue weighted by atomic mass is 10.2. The predicted molar refractivity (Wildman–Crippen MR) is 145 cm³/mol. The molecule has 2 fully saturated rings. The van der Waals surface area contributed by atoms with Gasteiger partial charge in [0, 0.05) is 75.6 Å². The number of carbonyl (C=O) groups excluding carboxylic acids is 3. The fraction of sp³-hybridized carbons (Fsp3) is 0.458. The number of hydrogen-bond donors (Lipinski definition) is 1. The van der Waals surface area contributed by atoms with Gasteiger partial charge in [-0.25, -0.2) is 14.8 Å². The van der Waals surface area contributed by atoms with Crippen LogP contribution in [0.5, 0.6) is 0 Å². The molecule has 1 atom stereocenters. The Bertz CT molecular complexity index is 1160. The first-order chi connectivity index (χ1) is 17.7. The molecule has 1 aromatic carbocycles. The molecule has 4 rings (SSSR count). The average Bonchev–Trinajstić information content (AvgIpc) is 2.87. The van der Waals surface area contributed by atoms with Crippen LogP contribution < -0.4 is 10.2 Å². The summed E-state index contributed by atoms with van der Waals surface area (Å²) in [5, 5.41) is 4.17. The van der Waals surface area contributed by atoms with Gasteiger partial charge in [0.1, 0.15) is 11.0 Å². The van der Waals surface area contributed by atoms with Crippen LogP contribution in [0.1, 0.15) is 13.8 Å². The molecule has 0 radical (unpaired) electrons. The maximum Gasteiger partial charge on any atom is 0.322 e. The number of carbonyl (C=O) groups is 3. The molecule has 2 saturated heterocycles. The highest BCUT2D eigenvalue weighted by molar-refractivity contribution is 7.99. The Balaban J connectivity index is 1.32. The van der Waals surface area contributed by atoms with Crippen LogP contribution in [0.4, 0.5) is 16.3 Å². The van der Waals surface area contributed by atoms with Gasteiger partial charge in [0.2, 0.25) is 11.8 Å². The monoisotopic (exact) mass is 565 g/mol. The van der Waals surface area contributed by atoms with Gasteiger partial charge in [0.25, 0.3) is 0 Å². The van der Waals surface area contributed by atoms with E-state index in [9.17, 15) is 14.4 Å². The number of rotatable bonds is 5. The molecule has 2 aliphatic rings. The number of urea groups is 1. The van der Waals surface area contributed by atoms with Crippen molar-refractivity contribution in [3.05, 3.63) is 40.5 Å². The third-order valence-corrected chi connectivity index (χ3v) is 7.61. The fourth-order valence-corrected chi connectivity index (χ4v) is 5.50. The third kappa shape index (κ3) is 7.18. The number of aromatic nitrogens is 2. The summed E-state index contributed by atoms with van der Waals surface area (Å²) >= 11 is 13.5. The summed E-state index contributed by atoms with van der Waals surface area (Å²) in [5.74, 6) is 0.851. The molecule has 0 unspecified atom stereocenters. The standard InChI is InChI=1S/C24H29Cl2N7O3S/c1-16-14-32(10-11-33(16)24(36)27-19-5-3-4-18(25)12-19)21-13-20(26)28-23(29-21)37-15-22(35)31-8-6-30(7-9-31)17(2)34/h3-5,12-13,16H,6-11,14-15H2,1-2H3,(H,27,36)/t16-/m1/s1. The predicted octanol–water partition coefficient (Wildman–Crippen LogP) is 3.31. The maximum absolute atomic E-state index is 12.8. The van der Waals surface area contributed by atoms with E-state index in [0.717, 1.165) is 0 Å². The molecule has 0 spiro atoms. The van der Waals surface area contributed by atoms with Crippen molar-refractivity contribution in [3.63, 3.8) is 0 Å². The minimum atomic E-state index is -0.186. The van der Waals surface area contributed by atoms with Crippen molar-refractivity contribution < 1.29 is 14.4 Å². The lowest BCUT2D eigenvalue weighted by Gasteiger charge is -2.40. The van der Waals surface area contributed by atoms with Crippen LogP contribution >= 0.6 is 35.0 Å². The van der Waals surface area contributed by atoms with Gasteiger partial charge in [-0.1, -0.05) is 41.0 Å². The van der Waals surface area contributed by atoms with Gasteiger partial charge in [0.15, 0.2) is 5.16 Å². The van der Waals surface area contributed by atoms with Crippen LogP contribution in [0, 0.1) is 0 Å². The number of piperazine rings is 2. The quantitative estimate of drug-likeness (QED) is 0.337. The third-order valence-electron chi connectivity index (χ3n) is 6.35. The van der Waals surface area contributed by atoms with Crippen molar-refractivity contribution in [2.24, 2.45) is 0 Å². The zero-order valence-electron chi connectivity index (χ0n) is 20.7. The van der Waals surface area contributed by atoms with Gasteiger partial charge < -0.3 is 24.9 Å². The highest BCUT2D eigenvalue weighted by Crippen LogP contribution is 2.25. The Morgan fingerprint density at radius 1 is 1.03 bits per heavy atom. The van der Waals surface area contributed by atoms with E-state index >= 15 is 0 Å². The topological polar surface area (TPSA) is 102 Å². The van der Waals surface area contributed by atoms with E-state index in [1.165, 1.54) is 18.7 Å². The van der Waals surface area contributed by atoms with E-state index < -0.39 is 0 Å². The molecular weight excluding hydrogens is 537 g/mol. The molecule has 0 aliphatic carbocycles. The lowest BCUT2D eigenvalue weighted by molar-refractivity contribution is -0.136. The van der Waals surface area contributed by atoms with E-state index in [0.29, 0.717) is 72.7 Å². The van der Waals surface area contributed by atoms with Gasteiger partial charge in [-0.15, -0.1) is 0 Å². The molecule has 3 heterocycles. The first kappa shape index (κ1) is 27.3. The second kappa shape index (κ2) is 12.2. The van der Waals surface area contributed by atoms with Gasteiger partial charge in [-0.2, -0.15) is 0 Å². The number of nitrogens with one attached hydrogen (secondary N) is 1. The van der Waals surface area contributed by atoms with Gasteiger partial charge in [-0.05, 0) is 25.1 Å². The smallest absolute Gasteiger partial charge is 0.322 e. The van der Waals surface area contributed by atoms with Gasteiger partial charge in [0.05, 0.1) is 5.75 Å². The van der Waals surface area contributed by atoms with Crippen molar-refractivity contribution in [1.29, 1.82) is 0 Å². The number of hydrogen-bond acceptors (Lipinski definition) is 7. The summed E-state index contributed by atoms with van der Waals surface area (Å²) in [6.07, 6.45) is 0. The second-order valence-electron chi connectivity index (χ2n) is 8.94. The Kier molecular flexibility index (Phi) is 8.99.